The molecule has 2 aromatic rings. The molecule has 0 spiro atoms. The maximum Gasteiger partial charge on any atom is 0.225 e. The first-order chi connectivity index (χ1) is 7.63. The summed E-state index contributed by atoms with van der Waals surface area (Å²) in [4.78, 5) is 0. The van der Waals surface area contributed by atoms with Gasteiger partial charge >= 0.3 is 0 Å². The highest BCUT2D eigenvalue weighted by molar-refractivity contribution is 9.10. The van der Waals surface area contributed by atoms with E-state index in [1.165, 1.54) is 6.07 Å². The van der Waals surface area contributed by atoms with Crippen LogP contribution in [-0.2, 0) is 6.42 Å². The Morgan fingerprint density at radius 1 is 1.50 bits per heavy atom. The van der Waals surface area contributed by atoms with E-state index in [2.05, 4.69) is 21.1 Å². The van der Waals surface area contributed by atoms with E-state index >= 15 is 0 Å². The van der Waals surface area contributed by atoms with E-state index in [1.54, 1.807) is 12.1 Å². The normalized spacial score (nSPS) is 10.7. The molecule has 84 valence electrons. The molecule has 0 aliphatic heterocycles. The highest BCUT2D eigenvalue weighted by Gasteiger charge is 2.16. The van der Waals surface area contributed by atoms with Gasteiger partial charge in [0, 0.05) is 15.6 Å². The van der Waals surface area contributed by atoms with Crippen molar-refractivity contribution in [2.24, 2.45) is 0 Å². The molecule has 0 radical (unpaired) electrons. The number of hydrogen-bond donors (Lipinski definition) is 1. The standard InChI is InChI=1S/C11H10BrFN2O/c1-2-7-10(15-16-11(7)14)8-4-3-6(12)5-9(8)13/h3-5H,2,14H2,1H3. The molecule has 0 aliphatic rings. The Morgan fingerprint density at radius 3 is 2.88 bits per heavy atom. The van der Waals surface area contributed by atoms with E-state index in [0.717, 1.165) is 5.56 Å². The quantitative estimate of drug-likeness (QED) is 0.920. The average molecular weight is 285 g/mol. The Morgan fingerprint density at radius 2 is 2.25 bits per heavy atom. The third kappa shape index (κ3) is 1.82. The molecular weight excluding hydrogens is 275 g/mol. The first kappa shape index (κ1) is 11.1. The summed E-state index contributed by atoms with van der Waals surface area (Å²) < 4.78 is 19.3. The van der Waals surface area contributed by atoms with E-state index in [0.29, 0.717) is 22.2 Å². The van der Waals surface area contributed by atoms with E-state index in [-0.39, 0.29) is 11.7 Å². The number of halogens is 2. The molecule has 5 heteroatoms. The van der Waals surface area contributed by atoms with Crippen LogP contribution in [-0.4, -0.2) is 5.16 Å². The molecule has 2 rings (SSSR count). The summed E-state index contributed by atoms with van der Waals surface area (Å²) in [5.41, 5.74) is 7.23. The molecule has 0 saturated heterocycles. The van der Waals surface area contributed by atoms with Gasteiger partial charge in [0.1, 0.15) is 11.5 Å². The molecule has 0 unspecified atom stereocenters. The lowest BCUT2D eigenvalue weighted by atomic mass is 10.1. The number of anilines is 1. The Bertz CT molecular complexity index is 525. The molecule has 1 aromatic carbocycles. The zero-order valence-electron chi connectivity index (χ0n) is 8.63. The fourth-order valence-corrected chi connectivity index (χ4v) is 1.89. The number of benzene rings is 1. The summed E-state index contributed by atoms with van der Waals surface area (Å²) in [5, 5.41) is 3.79. The van der Waals surface area contributed by atoms with Gasteiger partial charge in [-0.05, 0) is 24.6 Å². The van der Waals surface area contributed by atoms with Crippen LogP contribution in [0.5, 0.6) is 0 Å². The zero-order valence-corrected chi connectivity index (χ0v) is 10.2. The van der Waals surface area contributed by atoms with Crippen molar-refractivity contribution in [3.8, 4) is 11.3 Å². The predicted octanol–water partition coefficient (Wildman–Crippen LogP) is 3.39. The van der Waals surface area contributed by atoms with Gasteiger partial charge in [-0.15, -0.1) is 0 Å². The average Bonchev–Trinajstić information content (AvgIpc) is 2.59. The second kappa shape index (κ2) is 4.25. The van der Waals surface area contributed by atoms with E-state index in [9.17, 15) is 4.39 Å². The summed E-state index contributed by atoms with van der Waals surface area (Å²) in [5.74, 6) is -0.0998. The van der Waals surface area contributed by atoms with Gasteiger partial charge in [0.15, 0.2) is 0 Å². The van der Waals surface area contributed by atoms with Gasteiger partial charge in [-0.2, -0.15) is 0 Å². The highest BCUT2D eigenvalue weighted by atomic mass is 79.9. The summed E-state index contributed by atoms with van der Waals surface area (Å²) in [6.07, 6.45) is 0.653. The minimum Gasteiger partial charge on any atom is -0.367 e. The van der Waals surface area contributed by atoms with Crippen molar-refractivity contribution < 1.29 is 8.91 Å². The van der Waals surface area contributed by atoms with Crippen LogP contribution in [0.4, 0.5) is 10.3 Å². The van der Waals surface area contributed by atoms with Crippen LogP contribution < -0.4 is 5.73 Å². The molecule has 0 atom stereocenters. The molecule has 0 bridgehead atoms. The van der Waals surface area contributed by atoms with Crippen molar-refractivity contribution in [1.29, 1.82) is 0 Å². The van der Waals surface area contributed by atoms with Crippen molar-refractivity contribution >= 4 is 21.8 Å². The van der Waals surface area contributed by atoms with Crippen molar-refractivity contribution in [3.63, 3.8) is 0 Å². The lowest BCUT2D eigenvalue weighted by Gasteiger charge is -2.01. The summed E-state index contributed by atoms with van der Waals surface area (Å²) in [6.45, 7) is 1.92. The Hall–Kier alpha value is -1.36. The van der Waals surface area contributed by atoms with Gasteiger partial charge in [-0.3, -0.25) is 0 Å². The minimum absolute atomic E-state index is 0.250. The second-order valence-corrected chi connectivity index (χ2v) is 4.27. The molecule has 0 aliphatic carbocycles. The number of aromatic nitrogens is 1. The Labute approximate surface area is 101 Å². The van der Waals surface area contributed by atoms with E-state index < -0.39 is 0 Å². The van der Waals surface area contributed by atoms with Crippen molar-refractivity contribution in [3.05, 3.63) is 34.1 Å². The van der Waals surface area contributed by atoms with Gasteiger partial charge < -0.3 is 10.3 Å². The molecule has 1 heterocycles. The molecule has 16 heavy (non-hydrogen) atoms. The minimum atomic E-state index is -0.350. The first-order valence-electron chi connectivity index (χ1n) is 4.83. The molecule has 2 N–H and O–H groups in total. The molecule has 0 saturated carbocycles. The monoisotopic (exact) mass is 284 g/mol. The fraction of sp³-hybridized carbons (Fsp3) is 0.182. The third-order valence-electron chi connectivity index (χ3n) is 2.36. The lowest BCUT2D eigenvalue weighted by Crippen LogP contribution is -1.92. The topological polar surface area (TPSA) is 52.0 Å². The fourth-order valence-electron chi connectivity index (χ4n) is 1.56. The summed E-state index contributed by atoms with van der Waals surface area (Å²) >= 11 is 3.20. The van der Waals surface area contributed by atoms with E-state index in [1.807, 2.05) is 6.92 Å². The van der Waals surface area contributed by atoms with Crippen LogP contribution in [0, 0.1) is 5.82 Å². The smallest absolute Gasteiger partial charge is 0.225 e. The van der Waals surface area contributed by atoms with Crippen LogP contribution in [0.2, 0.25) is 0 Å². The number of nitrogen functional groups attached to an aromatic ring is 1. The van der Waals surface area contributed by atoms with Gasteiger partial charge in [-0.1, -0.05) is 28.0 Å². The van der Waals surface area contributed by atoms with Crippen LogP contribution in [0.3, 0.4) is 0 Å². The lowest BCUT2D eigenvalue weighted by molar-refractivity contribution is 0.438. The first-order valence-corrected chi connectivity index (χ1v) is 5.62. The van der Waals surface area contributed by atoms with Gasteiger partial charge in [-0.25, -0.2) is 4.39 Å². The Kier molecular flexibility index (Phi) is 2.96. The predicted molar refractivity (Wildman–Crippen MR) is 63.4 cm³/mol. The number of rotatable bonds is 2. The molecule has 1 aromatic heterocycles. The van der Waals surface area contributed by atoms with Gasteiger partial charge in [0.25, 0.3) is 0 Å². The third-order valence-corrected chi connectivity index (χ3v) is 2.85. The van der Waals surface area contributed by atoms with Gasteiger partial charge in [0.2, 0.25) is 5.88 Å². The number of nitrogens with zero attached hydrogens (tertiary/aromatic N) is 1. The largest absolute Gasteiger partial charge is 0.367 e. The van der Waals surface area contributed by atoms with Crippen LogP contribution in [0.25, 0.3) is 11.3 Å². The van der Waals surface area contributed by atoms with Crippen molar-refractivity contribution in [2.45, 2.75) is 13.3 Å². The molecule has 0 fully saturated rings. The molecule has 0 amide bonds. The Balaban J connectivity index is 2.58. The van der Waals surface area contributed by atoms with Gasteiger partial charge in [0.05, 0.1) is 0 Å². The number of nitrogens with two attached hydrogens (primary N) is 1. The maximum absolute atomic E-state index is 13.7. The number of hydrogen-bond acceptors (Lipinski definition) is 3. The van der Waals surface area contributed by atoms with Crippen LogP contribution in [0.15, 0.2) is 27.2 Å². The van der Waals surface area contributed by atoms with Crippen molar-refractivity contribution in [2.75, 3.05) is 5.73 Å². The second-order valence-electron chi connectivity index (χ2n) is 3.35. The molecule has 3 nitrogen and oxygen atoms in total. The van der Waals surface area contributed by atoms with E-state index in [4.69, 9.17) is 10.3 Å². The highest BCUT2D eigenvalue weighted by Crippen LogP contribution is 2.30. The summed E-state index contributed by atoms with van der Waals surface area (Å²) in [7, 11) is 0. The maximum atomic E-state index is 13.7. The molecular formula is C11H10BrFN2O. The SMILES string of the molecule is CCc1c(-c2ccc(Br)cc2F)noc1N. The summed E-state index contributed by atoms with van der Waals surface area (Å²) in [6, 6.07) is 4.79. The van der Waals surface area contributed by atoms with Crippen LogP contribution in [0.1, 0.15) is 12.5 Å². The van der Waals surface area contributed by atoms with Crippen LogP contribution >= 0.6 is 15.9 Å². The van der Waals surface area contributed by atoms with Crippen molar-refractivity contribution in [1.82, 2.24) is 5.16 Å². The zero-order chi connectivity index (χ0) is 11.7.